The predicted octanol–water partition coefficient (Wildman–Crippen LogP) is 0.712. The van der Waals surface area contributed by atoms with E-state index in [0.717, 1.165) is 11.5 Å². The van der Waals surface area contributed by atoms with Crippen LogP contribution >= 0.6 is 11.8 Å². The molecule has 1 N–H and O–H groups in total. The van der Waals surface area contributed by atoms with Gasteiger partial charge in [-0.1, -0.05) is 0 Å². The van der Waals surface area contributed by atoms with E-state index in [4.69, 9.17) is 5.11 Å². The first-order valence-electron chi connectivity index (χ1n) is 6.67. The van der Waals surface area contributed by atoms with Crippen LogP contribution in [0.2, 0.25) is 0 Å². The normalized spacial score (nSPS) is 17.0. The largest absolute Gasteiger partial charge is 0.481 e. The van der Waals surface area contributed by atoms with E-state index in [-0.39, 0.29) is 17.9 Å². The molecule has 0 atom stereocenters. The second-order valence-electron chi connectivity index (χ2n) is 4.88. The number of rotatable bonds is 5. The van der Waals surface area contributed by atoms with Gasteiger partial charge in [0.2, 0.25) is 10.0 Å². The SMILES string of the molecule is Cc1nn(CCC(=O)O)c(C)c1S(=O)(=O)N1CCSCC1. The Morgan fingerprint density at radius 1 is 1.33 bits per heavy atom. The van der Waals surface area contributed by atoms with Gasteiger partial charge in [0.25, 0.3) is 0 Å². The first kappa shape index (κ1) is 16.3. The van der Waals surface area contributed by atoms with Crippen LogP contribution in [0.4, 0.5) is 0 Å². The van der Waals surface area contributed by atoms with E-state index in [1.54, 1.807) is 25.6 Å². The number of carboxylic acid groups (broad SMARTS) is 1. The summed E-state index contributed by atoms with van der Waals surface area (Å²) in [5.74, 6) is 0.662. The molecule has 0 unspecified atom stereocenters. The van der Waals surface area contributed by atoms with Gasteiger partial charge >= 0.3 is 5.97 Å². The molecule has 0 saturated carbocycles. The van der Waals surface area contributed by atoms with E-state index in [0.29, 0.717) is 24.5 Å². The van der Waals surface area contributed by atoms with Gasteiger partial charge in [0.1, 0.15) is 4.90 Å². The molecule has 9 heteroatoms. The summed E-state index contributed by atoms with van der Waals surface area (Å²) in [6.07, 6.45) is -0.0815. The van der Waals surface area contributed by atoms with Crippen LogP contribution in [0.1, 0.15) is 17.8 Å². The van der Waals surface area contributed by atoms with Gasteiger partial charge in [0.05, 0.1) is 24.4 Å². The topological polar surface area (TPSA) is 92.5 Å². The summed E-state index contributed by atoms with van der Waals surface area (Å²) in [6, 6.07) is 0. The van der Waals surface area contributed by atoms with Gasteiger partial charge in [0.15, 0.2) is 0 Å². The summed E-state index contributed by atoms with van der Waals surface area (Å²) in [6.45, 7) is 4.51. The summed E-state index contributed by atoms with van der Waals surface area (Å²) >= 11 is 1.74. The molecule has 21 heavy (non-hydrogen) atoms. The van der Waals surface area contributed by atoms with Crippen molar-refractivity contribution in [1.29, 1.82) is 0 Å². The zero-order valence-corrected chi connectivity index (χ0v) is 13.7. The van der Waals surface area contributed by atoms with Crippen LogP contribution in [0.25, 0.3) is 0 Å². The zero-order valence-electron chi connectivity index (χ0n) is 12.1. The fourth-order valence-electron chi connectivity index (χ4n) is 2.39. The highest BCUT2D eigenvalue weighted by molar-refractivity contribution is 7.99. The molecule has 0 bridgehead atoms. The van der Waals surface area contributed by atoms with Gasteiger partial charge in [-0.3, -0.25) is 9.48 Å². The van der Waals surface area contributed by atoms with Crippen LogP contribution in [0.15, 0.2) is 4.90 Å². The zero-order chi connectivity index (χ0) is 15.6. The van der Waals surface area contributed by atoms with Gasteiger partial charge in [-0.2, -0.15) is 21.2 Å². The third kappa shape index (κ3) is 3.41. The molecule has 0 aliphatic carbocycles. The minimum absolute atomic E-state index is 0.0815. The van der Waals surface area contributed by atoms with Crippen molar-refractivity contribution in [2.24, 2.45) is 0 Å². The quantitative estimate of drug-likeness (QED) is 0.853. The van der Waals surface area contributed by atoms with Crippen LogP contribution in [0, 0.1) is 13.8 Å². The van der Waals surface area contributed by atoms with E-state index in [2.05, 4.69) is 5.10 Å². The number of thioether (sulfide) groups is 1. The Hall–Kier alpha value is -1.06. The Kier molecular flexibility index (Phi) is 4.95. The van der Waals surface area contributed by atoms with Crippen LogP contribution in [0.5, 0.6) is 0 Å². The Morgan fingerprint density at radius 3 is 2.52 bits per heavy atom. The molecule has 0 aromatic carbocycles. The number of aryl methyl sites for hydroxylation is 2. The Bertz CT molecular complexity index is 633. The fraction of sp³-hybridized carbons (Fsp3) is 0.667. The lowest BCUT2D eigenvalue weighted by molar-refractivity contribution is -0.137. The molecule has 0 radical (unpaired) electrons. The van der Waals surface area contributed by atoms with Crippen molar-refractivity contribution in [3.8, 4) is 0 Å². The maximum atomic E-state index is 12.7. The highest BCUT2D eigenvalue weighted by atomic mass is 32.2. The molecule has 1 aromatic heterocycles. The van der Waals surface area contributed by atoms with Gasteiger partial charge in [-0.05, 0) is 13.8 Å². The van der Waals surface area contributed by atoms with Crippen LogP contribution in [-0.4, -0.2) is 58.2 Å². The van der Waals surface area contributed by atoms with E-state index in [1.807, 2.05) is 0 Å². The fourth-order valence-corrected chi connectivity index (χ4v) is 5.34. The number of aliphatic carboxylic acids is 1. The van der Waals surface area contributed by atoms with Crippen LogP contribution in [-0.2, 0) is 21.4 Å². The van der Waals surface area contributed by atoms with Crippen molar-refractivity contribution < 1.29 is 18.3 Å². The maximum Gasteiger partial charge on any atom is 0.305 e. The second kappa shape index (κ2) is 6.37. The van der Waals surface area contributed by atoms with Crippen LogP contribution in [0.3, 0.4) is 0 Å². The van der Waals surface area contributed by atoms with Gasteiger partial charge in [0, 0.05) is 24.6 Å². The van der Waals surface area contributed by atoms with Gasteiger partial charge in [-0.25, -0.2) is 8.42 Å². The van der Waals surface area contributed by atoms with E-state index in [1.165, 1.54) is 8.99 Å². The third-order valence-corrected chi connectivity index (χ3v) is 6.51. The lowest BCUT2D eigenvalue weighted by Gasteiger charge is -2.25. The summed E-state index contributed by atoms with van der Waals surface area (Å²) in [4.78, 5) is 10.9. The van der Waals surface area contributed by atoms with E-state index >= 15 is 0 Å². The summed E-state index contributed by atoms with van der Waals surface area (Å²) in [5, 5.41) is 12.9. The smallest absolute Gasteiger partial charge is 0.305 e. The Labute approximate surface area is 128 Å². The van der Waals surface area contributed by atoms with Gasteiger partial charge < -0.3 is 5.11 Å². The summed E-state index contributed by atoms with van der Waals surface area (Å²) < 4.78 is 28.4. The molecule has 0 amide bonds. The molecule has 1 aliphatic rings. The Morgan fingerprint density at radius 2 is 1.95 bits per heavy atom. The molecule has 1 saturated heterocycles. The molecule has 1 fully saturated rings. The van der Waals surface area contributed by atoms with Crippen molar-refractivity contribution in [2.45, 2.75) is 31.7 Å². The average Bonchev–Trinajstić information content (AvgIpc) is 2.72. The van der Waals surface area contributed by atoms with Crippen molar-refractivity contribution in [1.82, 2.24) is 14.1 Å². The number of sulfonamides is 1. The molecular weight excluding hydrogens is 314 g/mol. The number of hydrogen-bond acceptors (Lipinski definition) is 5. The standard InChI is InChI=1S/C12H19N3O4S2/c1-9-12(10(2)15(13-9)4-3-11(16)17)21(18,19)14-5-7-20-8-6-14/h3-8H2,1-2H3,(H,16,17). The third-order valence-electron chi connectivity index (χ3n) is 3.42. The highest BCUT2D eigenvalue weighted by Gasteiger charge is 2.31. The van der Waals surface area contributed by atoms with Gasteiger partial charge in [-0.15, -0.1) is 0 Å². The lowest BCUT2D eigenvalue weighted by Crippen LogP contribution is -2.38. The molecule has 2 heterocycles. The van der Waals surface area contributed by atoms with E-state index < -0.39 is 16.0 Å². The van der Waals surface area contributed by atoms with E-state index in [9.17, 15) is 13.2 Å². The minimum Gasteiger partial charge on any atom is -0.481 e. The summed E-state index contributed by atoms with van der Waals surface area (Å²) in [5.41, 5.74) is 0.933. The molecule has 2 rings (SSSR count). The van der Waals surface area contributed by atoms with Crippen molar-refractivity contribution >= 4 is 27.8 Å². The van der Waals surface area contributed by atoms with Crippen molar-refractivity contribution in [3.63, 3.8) is 0 Å². The first-order valence-corrected chi connectivity index (χ1v) is 9.27. The lowest BCUT2D eigenvalue weighted by atomic mass is 10.4. The highest BCUT2D eigenvalue weighted by Crippen LogP contribution is 2.25. The number of aromatic nitrogens is 2. The molecule has 1 aromatic rings. The number of carboxylic acids is 1. The van der Waals surface area contributed by atoms with Crippen molar-refractivity contribution in [3.05, 3.63) is 11.4 Å². The molecule has 1 aliphatic heterocycles. The number of nitrogens with zero attached hydrogens (tertiary/aromatic N) is 3. The number of hydrogen-bond donors (Lipinski definition) is 1. The average molecular weight is 333 g/mol. The predicted molar refractivity (Wildman–Crippen MR) is 80.0 cm³/mol. The second-order valence-corrected chi connectivity index (χ2v) is 7.98. The monoisotopic (exact) mass is 333 g/mol. The molecule has 7 nitrogen and oxygen atoms in total. The van der Waals surface area contributed by atoms with Crippen LogP contribution < -0.4 is 0 Å². The minimum atomic E-state index is -3.55. The molecule has 118 valence electrons. The maximum absolute atomic E-state index is 12.7. The number of carbonyl (C=O) groups is 1. The summed E-state index contributed by atoms with van der Waals surface area (Å²) in [7, 11) is -3.55. The van der Waals surface area contributed by atoms with Crippen molar-refractivity contribution in [2.75, 3.05) is 24.6 Å². The molecular formula is C12H19N3O4S2. The first-order chi connectivity index (χ1) is 9.84. The molecule has 0 spiro atoms. The Balaban J connectivity index is 2.32.